The molecule has 0 saturated carbocycles. The zero-order valence-corrected chi connectivity index (χ0v) is 20.4. The van der Waals surface area contributed by atoms with Gasteiger partial charge in [-0.15, -0.1) is 0 Å². The Balaban J connectivity index is 1.08. The van der Waals surface area contributed by atoms with Gasteiger partial charge in [0.15, 0.2) is 13.2 Å². The molecule has 0 radical (unpaired) electrons. The number of carbonyl (C=O) groups is 4. The highest BCUT2D eigenvalue weighted by Crippen LogP contribution is 2.21. The normalized spacial score (nSPS) is 10.4. The van der Waals surface area contributed by atoms with Gasteiger partial charge in [-0.2, -0.15) is 0 Å². The van der Waals surface area contributed by atoms with Crippen molar-refractivity contribution < 1.29 is 28.7 Å². The molecule has 4 rings (SSSR count). The average Bonchev–Trinajstić information content (AvgIpc) is 2.95. The van der Waals surface area contributed by atoms with E-state index >= 15 is 0 Å². The molecule has 0 saturated heterocycles. The number of ether oxygens (including phenoxy) is 2. The zero-order valence-electron chi connectivity index (χ0n) is 20.4. The second-order valence-corrected chi connectivity index (χ2v) is 8.29. The maximum atomic E-state index is 11.9. The maximum Gasteiger partial charge on any atom is 0.276 e. The van der Waals surface area contributed by atoms with Crippen molar-refractivity contribution in [1.29, 1.82) is 0 Å². The van der Waals surface area contributed by atoms with Crippen LogP contribution in [0.1, 0.15) is 12.8 Å². The molecular weight excluding hydrogens is 488 g/mol. The van der Waals surface area contributed by atoms with Crippen LogP contribution in [0, 0.1) is 0 Å². The largest absolute Gasteiger partial charge is 0.484 e. The lowest BCUT2D eigenvalue weighted by Gasteiger charge is -2.10. The second kappa shape index (κ2) is 12.7. The van der Waals surface area contributed by atoms with Gasteiger partial charge < -0.3 is 9.47 Å². The summed E-state index contributed by atoms with van der Waals surface area (Å²) in [6, 6.07) is 26.4. The van der Waals surface area contributed by atoms with Crippen LogP contribution in [0.15, 0.2) is 84.9 Å². The molecule has 194 valence electrons. The molecule has 10 heteroatoms. The number of hydrogen-bond acceptors (Lipinski definition) is 6. The van der Waals surface area contributed by atoms with Crippen molar-refractivity contribution in [3.05, 3.63) is 84.9 Å². The van der Waals surface area contributed by atoms with E-state index in [-0.39, 0.29) is 26.1 Å². The molecule has 0 atom stereocenters. The molecule has 4 aromatic carbocycles. The van der Waals surface area contributed by atoms with Gasteiger partial charge in [0.2, 0.25) is 11.8 Å². The van der Waals surface area contributed by atoms with E-state index in [1.807, 2.05) is 72.8 Å². The van der Waals surface area contributed by atoms with Crippen molar-refractivity contribution >= 4 is 45.2 Å². The lowest BCUT2D eigenvalue weighted by molar-refractivity contribution is -0.132. The highest BCUT2D eigenvalue weighted by molar-refractivity contribution is 5.88. The summed E-state index contributed by atoms with van der Waals surface area (Å²) in [7, 11) is 0. The average molecular weight is 515 g/mol. The third kappa shape index (κ3) is 7.69. The van der Waals surface area contributed by atoms with E-state index in [2.05, 4.69) is 21.7 Å². The summed E-state index contributed by atoms with van der Waals surface area (Å²) in [4.78, 5) is 47.7. The predicted molar refractivity (Wildman–Crippen MR) is 141 cm³/mol. The van der Waals surface area contributed by atoms with Gasteiger partial charge in [0.25, 0.3) is 11.8 Å². The van der Waals surface area contributed by atoms with Gasteiger partial charge in [0.05, 0.1) is 0 Å². The quantitative estimate of drug-likeness (QED) is 0.254. The fraction of sp³-hybridized carbons (Fsp3) is 0.143. The molecular formula is C28H26N4O6. The number of amides is 4. The standard InChI is InChI=1S/C28H26N4O6/c33-25(29-31-27(35)17-37-23-11-9-19-5-1-3-7-21(19)15-23)13-14-26(34)30-32-28(36)18-38-24-12-10-20-6-2-4-8-22(20)16-24/h1-12,15-16H,13-14,17-18H2,(H,29,33)(H,30,34)(H,31,35)(H,32,36). The third-order valence-corrected chi connectivity index (χ3v) is 5.44. The highest BCUT2D eigenvalue weighted by Gasteiger charge is 2.10. The van der Waals surface area contributed by atoms with E-state index in [9.17, 15) is 19.2 Å². The van der Waals surface area contributed by atoms with Crippen LogP contribution >= 0.6 is 0 Å². The minimum absolute atomic E-state index is 0.207. The molecule has 0 aliphatic rings. The predicted octanol–water partition coefficient (Wildman–Crippen LogP) is 2.53. The van der Waals surface area contributed by atoms with Gasteiger partial charge in [-0.25, -0.2) is 0 Å². The number of carbonyl (C=O) groups excluding carboxylic acids is 4. The Morgan fingerprint density at radius 3 is 1.26 bits per heavy atom. The van der Waals surface area contributed by atoms with Crippen LogP contribution in [0.5, 0.6) is 11.5 Å². The first-order valence-corrected chi connectivity index (χ1v) is 11.8. The molecule has 4 amide bonds. The van der Waals surface area contributed by atoms with Crippen molar-refractivity contribution in [1.82, 2.24) is 21.7 Å². The topological polar surface area (TPSA) is 135 Å². The number of rotatable bonds is 9. The smallest absolute Gasteiger partial charge is 0.276 e. The van der Waals surface area contributed by atoms with Crippen molar-refractivity contribution in [2.75, 3.05) is 13.2 Å². The molecule has 4 N–H and O–H groups in total. The van der Waals surface area contributed by atoms with Crippen LogP contribution in [0.25, 0.3) is 21.5 Å². The minimum atomic E-state index is -0.579. The van der Waals surface area contributed by atoms with Crippen LogP contribution in [0.3, 0.4) is 0 Å². The fourth-order valence-corrected chi connectivity index (χ4v) is 3.52. The Hall–Kier alpha value is -5.12. The van der Waals surface area contributed by atoms with Crippen molar-refractivity contribution in [3.8, 4) is 11.5 Å². The van der Waals surface area contributed by atoms with Gasteiger partial charge in [0.1, 0.15) is 11.5 Å². The highest BCUT2D eigenvalue weighted by atomic mass is 16.5. The lowest BCUT2D eigenvalue weighted by atomic mass is 10.1. The Bertz CT molecular complexity index is 1360. The Labute approximate surface area is 218 Å². The van der Waals surface area contributed by atoms with Gasteiger partial charge in [-0.3, -0.25) is 40.9 Å². The number of nitrogens with one attached hydrogen (secondary N) is 4. The minimum Gasteiger partial charge on any atom is -0.484 e. The molecule has 38 heavy (non-hydrogen) atoms. The summed E-state index contributed by atoms with van der Waals surface area (Å²) in [5, 5.41) is 4.06. The third-order valence-electron chi connectivity index (χ3n) is 5.44. The van der Waals surface area contributed by atoms with E-state index in [0.29, 0.717) is 11.5 Å². The zero-order chi connectivity index (χ0) is 26.7. The van der Waals surface area contributed by atoms with E-state index in [1.54, 1.807) is 12.1 Å². The van der Waals surface area contributed by atoms with E-state index in [4.69, 9.17) is 9.47 Å². The van der Waals surface area contributed by atoms with Gasteiger partial charge >= 0.3 is 0 Å². The molecule has 0 heterocycles. The monoisotopic (exact) mass is 514 g/mol. The molecule has 0 unspecified atom stereocenters. The van der Waals surface area contributed by atoms with Gasteiger partial charge in [0, 0.05) is 12.8 Å². The first-order valence-electron chi connectivity index (χ1n) is 11.8. The summed E-state index contributed by atoms with van der Waals surface area (Å²) in [5.74, 6) is -1.24. The lowest BCUT2D eigenvalue weighted by Crippen LogP contribution is -2.45. The second-order valence-electron chi connectivity index (χ2n) is 8.29. The Kier molecular flexibility index (Phi) is 8.69. The number of benzene rings is 4. The number of hydrogen-bond donors (Lipinski definition) is 4. The van der Waals surface area contributed by atoms with Crippen LogP contribution in [0.2, 0.25) is 0 Å². The van der Waals surface area contributed by atoms with Crippen molar-refractivity contribution in [2.24, 2.45) is 0 Å². The van der Waals surface area contributed by atoms with E-state index in [0.717, 1.165) is 21.5 Å². The number of hydrazine groups is 2. The van der Waals surface area contributed by atoms with E-state index in [1.165, 1.54) is 0 Å². The van der Waals surface area contributed by atoms with E-state index < -0.39 is 23.6 Å². The van der Waals surface area contributed by atoms with Crippen molar-refractivity contribution in [2.45, 2.75) is 12.8 Å². The molecule has 0 aromatic heterocycles. The van der Waals surface area contributed by atoms with Crippen LogP contribution in [-0.2, 0) is 19.2 Å². The van der Waals surface area contributed by atoms with Crippen LogP contribution in [0.4, 0.5) is 0 Å². The molecule has 0 spiro atoms. The Morgan fingerprint density at radius 1 is 0.474 bits per heavy atom. The van der Waals surface area contributed by atoms with Gasteiger partial charge in [-0.05, 0) is 45.8 Å². The van der Waals surface area contributed by atoms with Crippen LogP contribution in [-0.4, -0.2) is 36.8 Å². The summed E-state index contributed by atoms with van der Waals surface area (Å²) in [5.41, 5.74) is 8.88. The molecule has 10 nitrogen and oxygen atoms in total. The summed E-state index contributed by atoms with van der Waals surface area (Å²) < 4.78 is 10.9. The molecule has 0 fully saturated rings. The van der Waals surface area contributed by atoms with Gasteiger partial charge in [-0.1, -0.05) is 60.7 Å². The van der Waals surface area contributed by atoms with Crippen LogP contribution < -0.4 is 31.2 Å². The van der Waals surface area contributed by atoms with Crippen molar-refractivity contribution in [3.63, 3.8) is 0 Å². The molecule has 0 aliphatic heterocycles. The number of fused-ring (bicyclic) bond motifs is 2. The SMILES string of the molecule is O=C(CCC(=O)NNC(=O)COc1ccc2ccccc2c1)NNC(=O)COc1ccc2ccccc2c1. The maximum absolute atomic E-state index is 11.9. The first-order chi connectivity index (χ1) is 18.5. The first kappa shape index (κ1) is 26.0. The summed E-state index contributed by atoms with van der Waals surface area (Å²) in [6.45, 7) is -0.598. The fourth-order valence-electron chi connectivity index (χ4n) is 3.52. The summed E-state index contributed by atoms with van der Waals surface area (Å²) >= 11 is 0. The summed E-state index contributed by atoms with van der Waals surface area (Å²) in [6.07, 6.45) is -0.414. The Morgan fingerprint density at radius 2 is 0.842 bits per heavy atom. The molecule has 4 aromatic rings. The molecule has 0 aliphatic carbocycles. The molecule has 0 bridgehead atoms.